The van der Waals surface area contributed by atoms with Crippen molar-refractivity contribution in [1.29, 1.82) is 0 Å². The molecular weight excluding hydrogens is 388 g/mol. The maximum absolute atomic E-state index is 5.96. The minimum absolute atomic E-state index is 0.773. The molecule has 0 radical (unpaired) electrons. The monoisotopic (exact) mass is 422 g/mol. The second-order valence-corrected chi connectivity index (χ2v) is 8.74. The number of nitrogens with zero attached hydrogens (tertiary/aromatic N) is 2. The lowest BCUT2D eigenvalue weighted by molar-refractivity contribution is 0.229. The standard InChI is InChI=1S/C26H34N2OS/c1-3-5-18-28(19-6-4-2)20-9-21-29-23-15-12-22(13-16-23)14-17-26-27-24-10-7-8-11-25(24)30-26/h7-8,10-17H,3-6,9,18-21H2,1-2H3. The summed E-state index contributed by atoms with van der Waals surface area (Å²) in [4.78, 5) is 7.24. The van der Waals surface area contributed by atoms with E-state index in [1.807, 2.05) is 6.07 Å². The van der Waals surface area contributed by atoms with E-state index in [9.17, 15) is 0 Å². The van der Waals surface area contributed by atoms with Crippen LogP contribution in [0.5, 0.6) is 5.75 Å². The Morgan fingerprint density at radius 3 is 2.27 bits per heavy atom. The number of rotatable bonds is 13. The van der Waals surface area contributed by atoms with Crippen LogP contribution >= 0.6 is 11.3 Å². The van der Waals surface area contributed by atoms with Gasteiger partial charge in [0, 0.05) is 6.54 Å². The summed E-state index contributed by atoms with van der Waals surface area (Å²) in [6, 6.07) is 16.6. The molecule has 30 heavy (non-hydrogen) atoms. The van der Waals surface area contributed by atoms with Gasteiger partial charge >= 0.3 is 0 Å². The summed E-state index contributed by atoms with van der Waals surface area (Å²) < 4.78 is 7.19. The van der Waals surface area contributed by atoms with Gasteiger partial charge in [-0.3, -0.25) is 0 Å². The Bertz CT molecular complexity index is 860. The molecule has 0 aliphatic rings. The highest BCUT2D eigenvalue weighted by atomic mass is 32.1. The largest absolute Gasteiger partial charge is 0.494 e. The zero-order valence-corrected chi connectivity index (χ0v) is 19.2. The first-order chi connectivity index (χ1) is 14.8. The third kappa shape index (κ3) is 7.26. The number of unbranched alkanes of at least 4 members (excludes halogenated alkanes) is 2. The molecule has 3 aromatic rings. The number of aromatic nitrogens is 1. The van der Waals surface area contributed by atoms with Crippen LogP contribution in [0.15, 0.2) is 48.5 Å². The quantitative estimate of drug-likeness (QED) is 0.274. The van der Waals surface area contributed by atoms with Gasteiger partial charge in [0.2, 0.25) is 0 Å². The van der Waals surface area contributed by atoms with Gasteiger partial charge in [-0.25, -0.2) is 4.98 Å². The Morgan fingerprint density at radius 2 is 1.57 bits per heavy atom. The Labute approximate surface area is 185 Å². The molecular formula is C26H34N2OS. The van der Waals surface area contributed by atoms with Crippen LogP contribution in [0, 0.1) is 0 Å². The first kappa shape index (κ1) is 22.5. The number of ether oxygens (including phenoxy) is 1. The van der Waals surface area contributed by atoms with E-state index in [-0.39, 0.29) is 0 Å². The summed E-state index contributed by atoms with van der Waals surface area (Å²) in [6.07, 6.45) is 10.4. The smallest absolute Gasteiger partial charge is 0.119 e. The fraction of sp³-hybridized carbons (Fsp3) is 0.423. The number of hydrogen-bond acceptors (Lipinski definition) is 4. The molecule has 4 heteroatoms. The van der Waals surface area contributed by atoms with E-state index in [1.165, 1.54) is 43.5 Å². The Hall–Kier alpha value is -2.17. The normalized spacial score (nSPS) is 11.7. The van der Waals surface area contributed by atoms with E-state index in [0.717, 1.165) is 41.4 Å². The average molecular weight is 423 g/mol. The Balaban J connectivity index is 1.43. The number of thiazole rings is 1. The highest BCUT2D eigenvalue weighted by Crippen LogP contribution is 2.23. The molecule has 0 amide bonds. The SMILES string of the molecule is CCCCN(CCCC)CCCOc1ccc(C=Cc2nc3ccccc3s2)cc1. The lowest BCUT2D eigenvalue weighted by atomic mass is 10.2. The van der Waals surface area contributed by atoms with Crippen molar-refractivity contribution in [1.82, 2.24) is 9.88 Å². The van der Waals surface area contributed by atoms with Crippen molar-refractivity contribution < 1.29 is 4.74 Å². The van der Waals surface area contributed by atoms with Gasteiger partial charge in [0.05, 0.1) is 16.8 Å². The summed E-state index contributed by atoms with van der Waals surface area (Å²) in [5.41, 5.74) is 2.22. The summed E-state index contributed by atoms with van der Waals surface area (Å²) in [6.45, 7) is 8.86. The van der Waals surface area contributed by atoms with Gasteiger partial charge in [-0.2, -0.15) is 0 Å². The van der Waals surface area contributed by atoms with Crippen molar-refractivity contribution in [3.05, 3.63) is 59.1 Å². The zero-order chi connectivity index (χ0) is 21.0. The summed E-state index contributed by atoms with van der Waals surface area (Å²) in [5.74, 6) is 0.945. The van der Waals surface area contributed by atoms with Crippen LogP contribution in [-0.2, 0) is 0 Å². The van der Waals surface area contributed by atoms with Crippen molar-refractivity contribution in [2.75, 3.05) is 26.2 Å². The second kappa shape index (κ2) is 12.5. The predicted octanol–water partition coefficient (Wildman–Crippen LogP) is 7.14. The van der Waals surface area contributed by atoms with Crippen LogP contribution < -0.4 is 4.74 Å². The highest BCUT2D eigenvalue weighted by molar-refractivity contribution is 7.19. The fourth-order valence-corrected chi connectivity index (χ4v) is 4.25. The zero-order valence-electron chi connectivity index (χ0n) is 18.3. The minimum atomic E-state index is 0.773. The fourth-order valence-electron chi connectivity index (χ4n) is 3.38. The maximum atomic E-state index is 5.96. The number of para-hydroxylation sites is 1. The molecule has 3 rings (SSSR count). The molecule has 1 heterocycles. The van der Waals surface area contributed by atoms with Gasteiger partial charge in [0.25, 0.3) is 0 Å². The Kier molecular flexibility index (Phi) is 9.39. The van der Waals surface area contributed by atoms with E-state index in [2.05, 4.69) is 78.3 Å². The molecule has 0 saturated heterocycles. The van der Waals surface area contributed by atoms with Crippen LogP contribution in [0.4, 0.5) is 0 Å². The molecule has 0 unspecified atom stereocenters. The molecule has 0 aliphatic carbocycles. The van der Waals surface area contributed by atoms with Crippen LogP contribution in [-0.4, -0.2) is 36.1 Å². The third-order valence-corrected chi connectivity index (χ3v) is 6.15. The van der Waals surface area contributed by atoms with Crippen molar-refractivity contribution in [3.8, 4) is 5.75 Å². The van der Waals surface area contributed by atoms with Gasteiger partial charge < -0.3 is 9.64 Å². The summed E-state index contributed by atoms with van der Waals surface area (Å²) >= 11 is 1.72. The molecule has 0 aliphatic heterocycles. The van der Waals surface area contributed by atoms with Crippen LogP contribution in [0.3, 0.4) is 0 Å². The van der Waals surface area contributed by atoms with Gasteiger partial charge in [-0.05, 0) is 68.3 Å². The van der Waals surface area contributed by atoms with Crippen LogP contribution in [0.2, 0.25) is 0 Å². The first-order valence-corrected chi connectivity index (χ1v) is 12.1. The molecule has 3 nitrogen and oxygen atoms in total. The highest BCUT2D eigenvalue weighted by Gasteiger charge is 2.04. The molecule has 0 bridgehead atoms. The first-order valence-electron chi connectivity index (χ1n) is 11.3. The van der Waals surface area contributed by atoms with Crippen molar-refractivity contribution in [3.63, 3.8) is 0 Å². The van der Waals surface area contributed by atoms with Gasteiger partial charge in [0.15, 0.2) is 0 Å². The van der Waals surface area contributed by atoms with Crippen molar-refractivity contribution >= 4 is 33.7 Å². The summed E-state index contributed by atoms with van der Waals surface area (Å²) in [7, 11) is 0. The molecule has 160 valence electrons. The lowest BCUT2D eigenvalue weighted by Crippen LogP contribution is -2.28. The molecule has 1 aromatic heterocycles. The van der Waals surface area contributed by atoms with E-state index in [4.69, 9.17) is 4.74 Å². The third-order valence-electron chi connectivity index (χ3n) is 5.15. The van der Waals surface area contributed by atoms with Gasteiger partial charge in [-0.1, -0.05) is 57.0 Å². The average Bonchev–Trinajstić information content (AvgIpc) is 3.20. The molecule has 0 atom stereocenters. The van der Waals surface area contributed by atoms with Crippen molar-refractivity contribution in [2.45, 2.75) is 46.0 Å². The molecule has 2 aromatic carbocycles. The Morgan fingerprint density at radius 1 is 0.867 bits per heavy atom. The molecule has 0 spiro atoms. The van der Waals surface area contributed by atoms with E-state index in [0.29, 0.717) is 0 Å². The molecule has 0 saturated carbocycles. The number of fused-ring (bicyclic) bond motifs is 1. The molecule has 0 fully saturated rings. The maximum Gasteiger partial charge on any atom is 0.119 e. The van der Waals surface area contributed by atoms with Crippen LogP contribution in [0.25, 0.3) is 22.4 Å². The minimum Gasteiger partial charge on any atom is -0.494 e. The van der Waals surface area contributed by atoms with Crippen LogP contribution in [0.1, 0.15) is 56.5 Å². The summed E-state index contributed by atoms with van der Waals surface area (Å²) in [5, 5.41) is 1.03. The second-order valence-electron chi connectivity index (χ2n) is 7.67. The van der Waals surface area contributed by atoms with Gasteiger partial charge in [-0.15, -0.1) is 11.3 Å². The van der Waals surface area contributed by atoms with Crippen molar-refractivity contribution in [2.24, 2.45) is 0 Å². The number of benzene rings is 2. The van der Waals surface area contributed by atoms with E-state index >= 15 is 0 Å². The predicted molar refractivity (Wildman–Crippen MR) is 131 cm³/mol. The topological polar surface area (TPSA) is 25.4 Å². The van der Waals surface area contributed by atoms with E-state index in [1.54, 1.807) is 11.3 Å². The number of hydrogen-bond donors (Lipinski definition) is 0. The van der Waals surface area contributed by atoms with E-state index < -0.39 is 0 Å². The van der Waals surface area contributed by atoms with Gasteiger partial charge in [0.1, 0.15) is 10.8 Å². The lowest BCUT2D eigenvalue weighted by Gasteiger charge is -2.21. The molecule has 0 N–H and O–H groups in total.